The second-order valence-corrected chi connectivity index (χ2v) is 6.29. The van der Waals surface area contributed by atoms with E-state index < -0.39 is 11.4 Å². The molecule has 2 fully saturated rings. The number of nitrogens with one attached hydrogen (secondary N) is 1. The fraction of sp³-hybridized carbons (Fsp3) is 0.857. The van der Waals surface area contributed by atoms with Gasteiger partial charge in [-0.2, -0.15) is 0 Å². The normalized spacial score (nSPS) is 24.9. The number of carbonyl (C=O) groups excluding carboxylic acids is 1. The molecule has 102 valence electrons. The molecule has 4 heteroatoms. The molecule has 0 heterocycles. The van der Waals surface area contributed by atoms with Crippen LogP contribution in [0.1, 0.15) is 58.3 Å². The summed E-state index contributed by atoms with van der Waals surface area (Å²) in [7, 11) is 0. The lowest BCUT2D eigenvalue weighted by atomic mass is 9.67. The Hall–Kier alpha value is -1.06. The van der Waals surface area contributed by atoms with Crippen LogP contribution < -0.4 is 5.32 Å². The minimum absolute atomic E-state index is 0.164. The molecule has 2 saturated carbocycles. The molecule has 0 radical (unpaired) electrons. The summed E-state index contributed by atoms with van der Waals surface area (Å²) >= 11 is 0. The van der Waals surface area contributed by atoms with Gasteiger partial charge in [0.25, 0.3) is 0 Å². The molecular formula is C14H23NO3. The lowest BCUT2D eigenvalue weighted by Crippen LogP contribution is -2.52. The van der Waals surface area contributed by atoms with Gasteiger partial charge in [0.2, 0.25) is 5.91 Å². The highest BCUT2D eigenvalue weighted by Crippen LogP contribution is 2.42. The smallest absolute Gasteiger partial charge is 0.319 e. The van der Waals surface area contributed by atoms with Gasteiger partial charge in [0, 0.05) is 6.54 Å². The quantitative estimate of drug-likeness (QED) is 0.756. The number of carbonyl (C=O) groups is 2. The van der Waals surface area contributed by atoms with Gasteiger partial charge in [-0.25, -0.2) is 0 Å². The van der Waals surface area contributed by atoms with Crippen LogP contribution in [0.4, 0.5) is 0 Å². The largest absolute Gasteiger partial charge is 0.480 e. The zero-order valence-corrected chi connectivity index (χ0v) is 11.1. The third-order valence-electron chi connectivity index (χ3n) is 4.79. The van der Waals surface area contributed by atoms with E-state index in [9.17, 15) is 14.7 Å². The van der Waals surface area contributed by atoms with E-state index in [-0.39, 0.29) is 11.3 Å². The van der Waals surface area contributed by atoms with Crippen molar-refractivity contribution in [2.75, 3.05) is 6.54 Å². The molecule has 2 N–H and O–H groups in total. The minimum Gasteiger partial charge on any atom is -0.480 e. The Labute approximate surface area is 108 Å². The van der Waals surface area contributed by atoms with Crippen molar-refractivity contribution >= 4 is 11.9 Å². The third kappa shape index (κ3) is 2.38. The Morgan fingerprint density at radius 1 is 1.06 bits per heavy atom. The number of carboxylic acids is 1. The monoisotopic (exact) mass is 253 g/mol. The summed E-state index contributed by atoms with van der Waals surface area (Å²) in [5, 5.41) is 12.1. The Morgan fingerprint density at radius 3 is 2.11 bits per heavy atom. The van der Waals surface area contributed by atoms with Crippen LogP contribution in [0.15, 0.2) is 0 Å². The first-order chi connectivity index (χ1) is 8.49. The zero-order chi connectivity index (χ0) is 13.2. The highest BCUT2D eigenvalue weighted by molar-refractivity contribution is 6.02. The molecule has 4 nitrogen and oxygen atoms in total. The van der Waals surface area contributed by atoms with Gasteiger partial charge in [0.05, 0.1) is 0 Å². The molecule has 0 spiro atoms. The van der Waals surface area contributed by atoms with Gasteiger partial charge in [-0.05, 0) is 31.1 Å². The average Bonchev–Trinajstić information content (AvgIpc) is 2.25. The number of hydrogen-bond acceptors (Lipinski definition) is 2. The Balaban J connectivity index is 1.89. The zero-order valence-electron chi connectivity index (χ0n) is 11.1. The molecule has 0 aliphatic heterocycles. The number of aliphatic carboxylic acids is 1. The molecule has 2 aliphatic carbocycles. The van der Waals surface area contributed by atoms with Crippen LogP contribution in [0, 0.1) is 10.8 Å². The summed E-state index contributed by atoms with van der Waals surface area (Å²) < 4.78 is 0. The fourth-order valence-electron chi connectivity index (χ4n) is 3.11. The summed E-state index contributed by atoms with van der Waals surface area (Å²) in [6, 6.07) is 0. The van der Waals surface area contributed by atoms with Crippen LogP contribution in [-0.2, 0) is 9.59 Å². The van der Waals surface area contributed by atoms with Crippen LogP contribution >= 0.6 is 0 Å². The number of hydrogen-bond donors (Lipinski definition) is 2. The van der Waals surface area contributed by atoms with E-state index in [4.69, 9.17) is 0 Å². The maximum Gasteiger partial charge on any atom is 0.319 e. The van der Waals surface area contributed by atoms with Gasteiger partial charge in [-0.1, -0.05) is 32.6 Å². The lowest BCUT2D eigenvalue weighted by molar-refractivity contribution is -0.162. The molecular weight excluding hydrogens is 230 g/mol. The van der Waals surface area contributed by atoms with Gasteiger partial charge < -0.3 is 10.4 Å². The Bertz CT molecular complexity index is 341. The molecule has 2 aliphatic rings. The molecule has 0 aromatic carbocycles. The van der Waals surface area contributed by atoms with Crippen molar-refractivity contribution in [2.24, 2.45) is 10.8 Å². The Morgan fingerprint density at radius 2 is 1.67 bits per heavy atom. The standard InChI is InChI=1S/C14H23NO3/c1-13(6-3-2-4-7-13)10-15-11(16)14(12(17)18)8-5-9-14/h2-10H2,1H3,(H,15,16)(H,17,18). The molecule has 0 saturated heterocycles. The molecule has 18 heavy (non-hydrogen) atoms. The molecule has 0 unspecified atom stereocenters. The summed E-state index contributed by atoms with van der Waals surface area (Å²) in [5.41, 5.74) is -0.956. The van der Waals surface area contributed by atoms with Crippen LogP contribution in [0.2, 0.25) is 0 Å². The van der Waals surface area contributed by atoms with E-state index in [0.717, 1.165) is 19.3 Å². The van der Waals surface area contributed by atoms with Crippen LogP contribution in [0.25, 0.3) is 0 Å². The fourth-order valence-corrected chi connectivity index (χ4v) is 3.11. The van der Waals surface area contributed by atoms with Gasteiger partial charge in [-0.15, -0.1) is 0 Å². The maximum absolute atomic E-state index is 12.1. The van der Waals surface area contributed by atoms with Crippen LogP contribution in [0.5, 0.6) is 0 Å². The van der Waals surface area contributed by atoms with E-state index in [2.05, 4.69) is 12.2 Å². The van der Waals surface area contributed by atoms with Crippen molar-refractivity contribution in [3.05, 3.63) is 0 Å². The second kappa shape index (κ2) is 4.90. The topological polar surface area (TPSA) is 66.4 Å². The molecule has 1 amide bonds. The van der Waals surface area contributed by atoms with E-state index in [1.807, 2.05) is 0 Å². The number of amides is 1. The molecule has 0 bridgehead atoms. The predicted octanol–water partition coefficient (Wildman–Crippen LogP) is 2.33. The van der Waals surface area contributed by atoms with Crippen molar-refractivity contribution in [1.82, 2.24) is 5.32 Å². The number of carboxylic acid groups (broad SMARTS) is 1. The van der Waals surface area contributed by atoms with Crippen LogP contribution in [0.3, 0.4) is 0 Å². The lowest BCUT2D eigenvalue weighted by Gasteiger charge is -2.38. The second-order valence-electron chi connectivity index (χ2n) is 6.29. The SMILES string of the molecule is CC1(CNC(=O)C2(C(=O)O)CCC2)CCCCC1. The van der Waals surface area contributed by atoms with Gasteiger partial charge >= 0.3 is 5.97 Å². The van der Waals surface area contributed by atoms with Gasteiger partial charge in [-0.3, -0.25) is 9.59 Å². The van der Waals surface area contributed by atoms with Crippen LogP contribution in [-0.4, -0.2) is 23.5 Å². The minimum atomic E-state index is -1.12. The van der Waals surface area contributed by atoms with Crippen molar-refractivity contribution in [3.63, 3.8) is 0 Å². The predicted molar refractivity (Wildman–Crippen MR) is 68.1 cm³/mol. The average molecular weight is 253 g/mol. The molecule has 0 aromatic rings. The highest BCUT2D eigenvalue weighted by atomic mass is 16.4. The van der Waals surface area contributed by atoms with E-state index >= 15 is 0 Å². The maximum atomic E-state index is 12.1. The van der Waals surface area contributed by atoms with E-state index in [0.29, 0.717) is 19.4 Å². The van der Waals surface area contributed by atoms with Gasteiger partial charge in [0.1, 0.15) is 5.41 Å². The summed E-state index contributed by atoms with van der Waals surface area (Å²) in [6.45, 7) is 2.82. The third-order valence-corrected chi connectivity index (χ3v) is 4.79. The molecule has 0 aromatic heterocycles. The summed E-state index contributed by atoms with van der Waals surface area (Å²) in [4.78, 5) is 23.3. The van der Waals surface area contributed by atoms with E-state index in [1.54, 1.807) is 0 Å². The van der Waals surface area contributed by atoms with Crippen molar-refractivity contribution in [2.45, 2.75) is 58.3 Å². The first-order valence-electron chi connectivity index (χ1n) is 7.00. The first kappa shape index (κ1) is 13.4. The summed E-state index contributed by atoms with van der Waals surface area (Å²) in [6.07, 6.45) is 7.81. The van der Waals surface area contributed by atoms with Crippen molar-refractivity contribution < 1.29 is 14.7 Å². The van der Waals surface area contributed by atoms with Crippen molar-refractivity contribution in [3.8, 4) is 0 Å². The highest BCUT2D eigenvalue weighted by Gasteiger charge is 2.51. The van der Waals surface area contributed by atoms with Gasteiger partial charge in [0.15, 0.2) is 0 Å². The first-order valence-corrected chi connectivity index (χ1v) is 7.00. The molecule has 2 rings (SSSR count). The Kier molecular flexibility index (Phi) is 3.64. The number of rotatable bonds is 4. The summed E-state index contributed by atoms with van der Waals surface area (Å²) in [5.74, 6) is -1.23. The molecule has 0 atom stereocenters. The van der Waals surface area contributed by atoms with Crippen molar-refractivity contribution in [1.29, 1.82) is 0 Å². The van der Waals surface area contributed by atoms with E-state index in [1.165, 1.54) is 19.3 Å².